The summed E-state index contributed by atoms with van der Waals surface area (Å²) in [6, 6.07) is 2.02. The van der Waals surface area contributed by atoms with Gasteiger partial charge in [0, 0.05) is 19.0 Å². The first-order chi connectivity index (χ1) is 9.70. The number of aliphatic hydroxyl groups is 1. The largest absolute Gasteiger partial charge is 0.417 e. The lowest BCUT2D eigenvalue weighted by atomic mass is 10.0. The normalized spacial score (nSPS) is 20.7. The first-order valence-electron chi connectivity index (χ1n) is 6.54. The molecule has 2 atom stereocenters. The van der Waals surface area contributed by atoms with Gasteiger partial charge in [0.2, 0.25) is 0 Å². The molecule has 1 aromatic rings. The second-order valence-corrected chi connectivity index (χ2v) is 5.23. The standard InChI is InChI=1S/C14H15F4NO2/c1-8(20)9-4-5-19(7-9)13(21)11-3-2-10(15)6-12(11)14(16,17)18/h2-3,6,8-9,20H,4-5,7H2,1H3. The van der Waals surface area contributed by atoms with Crippen molar-refractivity contribution in [3.8, 4) is 0 Å². The van der Waals surface area contributed by atoms with Crippen molar-refractivity contribution in [1.29, 1.82) is 0 Å². The summed E-state index contributed by atoms with van der Waals surface area (Å²) in [5.41, 5.74) is -1.83. The lowest BCUT2D eigenvalue weighted by Crippen LogP contribution is -2.32. The van der Waals surface area contributed by atoms with Gasteiger partial charge in [-0.05, 0) is 31.5 Å². The summed E-state index contributed by atoms with van der Waals surface area (Å²) in [6.07, 6.45) is -4.89. The Labute approximate surface area is 119 Å². The first kappa shape index (κ1) is 15.8. The average molecular weight is 305 g/mol. The molecule has 1 fully saturated rings. The minimum absolute atomic E-state index is 0.149. The Morgan fingerprint density at radius 3 is 2.62 bits per heavy atom. The van der Waals surface area contributed by atoms with Gasteiger partial charge < -0.3 is 10.0 Å². The maximum absolute atomic E-state index is 13.0. The van der Waals surface area contributed by atoms with E-state index in [1.807, 2.05) is 0 Å². The number of aliphatic hydroxyl groups excluding tert-OH is 1. The number of carbonyl (C=O) groups excluding carboxylic acids is 1. The first-order valence-corrected chi connectivity index (χ1v) is 6.54. The zero-order chi connectivity index (χ0) is 15.8. The molecule has 1 aliphatic rings. The van der Waals surface area contributed by atoms with E-state index >= 15 is 0 Å². The lowest BCUT2D eigenvalue weighted by Gasteiger charge is -2.20. The molecule has 2 unspecified atom stereocenters. The number of likely N-dealkylation sites (tertiary alicyclic amines) is 1. The molecular formula is C14H15F4NO2. The van der Waals surface area contributed by atoms with Crippen LogP contribution >= 0.6 is 0 Å². The quantitative estimate of drug-likeness (QED) is 0.854. The van der Waals surface area contributed by atoms with Crippen LogP contribution in [0.25, 0.3) is 0 Å². The van der Waals surface area contributed by atoms with Crippen molar-refractivity contribution in [1.82, 2.24) is 4.90 Å². The van der Waals surface area contributed by atoms with E-state index in [1.165, 1.54) is 4.90 Å². The highest BCUT2D eigenvalue weighted by Gasteiger charge is 2.38. The van der Waals surface area contributed by atoms with Gasteiger partial charge in [0.1, 0.15) is 5.82 Å². The number of hydrogen-bond acceptors (Lipinski definition) is 2. The number of rotatable bonds is 2. The fourth-order valence-corrected chi connectivity index (χ4v) is 2.47. The molecule has 1 aromatic carbocycles. The number of alkyl halides is 3. The van der Waals surface area contributed by atoms with Crippen molar-refractivity contribution >= 4 is 5.91 Å². The SMILES string of the molecule is CC(O)C1CCN(C(=O)c2ccc(F)cc2C(F)(F)F)C1. The van der Waals surface area contributed by atoms with Gasteiger partial charge in [-0.2, -0.15) is 13.2 Å². The molecule has 1 saturated heterocycles. The van der Waals surface area contributed by atoms with E-state index in [9.17, 15) is 27.5 Å². The number of carbonyl (C=O) groups is 1. The molecule has 0 bridgehead atoms. The molecule has 2 rings (SSSR count). The van der Waals surface area contributed by atoms with E-state index in [2.05, 4.69) is 0 Å². The van der Waals surface area contributed by atoms with Crippen LogP contribution in [-0.2, 0) is 6.18 Å². The van der Waals surface area contributed by atoms with Gasteiger partial charge in [-0.25, -0.2) is 4.39 Å². The summed E-state index contributed by atoms with van der Waals surface area (Å²) < 4.78 is 51.7. The Balaban J connectivity index is 2.28. The Morgan fingerprint density at radius 1 is 1.43 bits per heavy atom. The lowest BCUT2D eigenvalue weighted by molar-refractivity contribution is -0.138. The molecule has 0 radical (unpaired) electrons. The van der Waals surface area contributed by atoms with Gasteiger partial charge in [0.25, 0.3) is 5.91 Å². The minimum Gasteiger partial charge on any atom is -0.393 e. The molecule has 1 heterocycles. The monoisotopic (exact) mass is 305 g/mol. The molecule has 7 heteroatoms. The Morgan fingerprint density at radius 2 is 2.10 bits per heavy atom. The summed E-state index contributed by atoms with van der Waals surface area (Å²) in [7, 11) is 0. The highest BCUT2D eigenvalue weighted by molar-refractivity contribution is 5.96. The van der Waals surface area contributed by atoms with Crippen LogP contribution in [0.3, 0.4) is 0 Å². The zero-order valence-corrected chi connectivity index (χ0v) is 11.3. The number of nitrogens with zero attached hydrogens (tertiary/aromatic N) is 1. The molecule has 1 amide bonds. The second kappa shape index (κ2) is 5.63. The highest BCUT2D eigenvalue weighted by Crippen LogP contribution is 2.34. The molecule has 3 nitrogen and oxygen atoms in total. The van der Waals surface area contributed by atoms with Gasteiger partial charge in [-0.3, -0.25) is 4.79 Å². The average Bonchev–Trinajstić information content (AvgIpc) is 2.86. The Kier molecular flexibility index (Phi) is 4.22. The van der Waals surface area contributed by atoms with Crippen molar-refractivity contribution in [3.63, 3.8) is 0 Å². The van der Waals surface area contributed by atoms with Crippen LogP contribution in [0.2, 0.25) is 0 Å². The molecule has 0 spiro atoms. The van der Waals surface area contributed by atoms with Gasteiger partial charge in [-0.1, -0.05) is 0 Å². The van der Waals surface area contributed by atoms with Crippen molar-refractivity contribution in [2.45, 2.75) is 25.6 Å². The summed E-state index contributed by atoms with van der Waals surface area (Å²) in [5, 5.41) is 9.47. The van der Waals surface area contributed by atoms with Crippen LogP contribution in [0.1, 0.15) is 29.3 Å². The molecule has 1 N–H and O–H groups in total. The molecule has 0 saturated carbocycles. The van der Waals surface area contributed by atoms with E-state index in [1.54, 1.807) is 6.92 Å². The second-order valence-electron chi connectivity index (χ2n) is 5.23. The predicted molar refractivity (Wildman–Crippen MR) is 67.1 cm³/mol. The van der Waals surface area contributed by atoms with Crippen LogP contribution in [0.15, 0.2) is 18.2 Å². The fourth-order valence-electron chi connectivity index (χ4n) is 2.47. The summed E-state index contributed by atoms with van der Waals surface area (Å²) in [6.45, 7) is 2.06. The van der Waals surface area contributed by atoms with Crippen LogP contribution in [0.4, 0.5) is 17.6 Å². The van der Waals surface area contributed by atoms with Gasteiger partial charge in [-0.15, -0.1) is 0 Å². The van der Waals surface area contributed by atoms with E-state index in [4.69, 9.17) is 0 Å². The number of benzene rings is 1. The highest BCUT2D eigenvalue weighted by atomic mass is 19.4. The van der Waals surface area contributed by atoms with Gasteiger partial charge in [0.15, 0.2) is 0 Å². The van der Waals surface area contributed by atoms with Gasteiger partial charge >= 0.3 is 6.18 Å². The van der Waals surface area contributed by atoms with Crippen molar-refractivity contribution in [2.24, 2.45) is 5.92 Å². The molecule has 0 aromatic heterocycles. The summed E-state index contributed by atoms with van der Waals surface area (Å²) in [4.78, 5) is 13.5. The third-order valence-electron chi connectivity index (χ3n) is 3.71. The number of hydrogen-bond donors (Lipinski definition) is 1. The van der Waals surface area contributed by atoms with E-state index in [0.717, 1.165) is 12.1 Å². The summed E-state index contributed by atoms with van der Waals surface area (Å²) in [5.74, 6) is -1.98. The Hall–Kier alpha value is -1.63. The zero-order valence-electron chi connectivity index (χ0n) is 11.3. The van der Waals surface area contributed by atoms with Crippen molar-refractivity contribution in [2.75, 3.05) is 13.1 Å². The number of amides is 1. The van der Waals surface area contributed by atoms with E-state index in [0.29, 0.717) is 12.5 Å². The minimum atomic E-state index is -4.80. The maximum Gasteiger partial charge on any atom is 0.417 e. The fraction of sp³-hybridized carbons (Fsp3) is 0.500. The van der Waals surface area contributed by atoms with Crippen LogP contribution in [0.5, 0.6) is 0 Å². The molecular weight excluding hydrogens is 290 g/mol. The molecule has 1 aliphatic heterocycles. The predicted octanol–water partition coefficient (Wildman–Crippen LogP) is 2.69. The third-order valence-corrected chi connectivity index (χ3v) is 3.71. The Bertz CT molecular complexity index is 542. The molecule has 0 aliphatic carbocycles. The summed E-state index contributed by atoms with van der Waals surface area (Å²) >= 11 is 0. The van der Waals surface area contributed by atoms with Crippen LogP contribution in [-0.4, -0.2) is 35.1 Å². The maximum atomic E-state index is 13.0. The smallest absolute Gasteiger partial charge is 0.393 e. The number of halogens is 4. The topological polar surface area (TPSA) is 40.5 Å². The van der Waals surface area contributed by atoms with Crippen molar-refractivity contribution in [3.05, 3.63) is 35.1 Å². The molecule has 21 heavy (non-hydrogen) atoms. The van der Waals surface area contributed by atoms with Gasteiger partial charge in [0.05, 0.1) is 17.2 Å². The van der Waals surface area contributed by atoms with Crippen LogP contribution in [0, 0.1) is 11.7 Å². The van der Waals surface area contributed by atoms with E-state index < -0.39 is 35.1 Å². The third kappa shape index (κ3) is 3.34. The van der Waals surface area contributed by atoms with E-state index in [-0.39, 0.29) is 19.0 Å². The van der Waals surface area contributed by atoms with Crippen LogP contribution < -0.4 is 0 Å². The molecule has 116 valence electrons. The van der Waals surface area contributed by atoms with Crippen molar-refractivity contribution < 1.29 is 27.5 Å².